The Labute approximate surface area is 191 Å². The maximum Gasteiger partial charge on any atom is 0.587 e. The molecule has 1 fully saturated rings. The molecule has 3 aromatic rings. The van der Waals surface area contributed by atoms with Crippen LogP contribution in [0.2, 0.25) is 0 Å². The molecule has 0 aliphatic carbocycles. The molecule has 0 unspecified atom stereocenters. The summed E-state index contributed by atoms with van der Waals surface area (Å²) in [5.41, 5.74) is 4.25. The van der Waals surface area contributed by atoms with Crippen LogP contribution in [0.4, 0.5) is 5.82 Å². The third-order valence-electron chi connectivity index (χ3n) is 5.22. The molecule has 0 bridgehead atoms. The fourth-order valence-corrected chi connectivity index (χ4v) is 5.12. The van der Waals surface area contributed by atoms with Crippen molar-refractivity contribution in [3.8, 4) is 11.5 Å². The van der Waals surface area contributed by atoms with Crippen molar-refractivity contribution in [2.45, 2.75) is 32.1 Å². The number of para-hydroxylation sites is 2. The number of phosphoric acid groups is 1. The summed E-state index contributed by atoms with van der Waals surface area (Å²) < 4.78 is 38.2. The normalized spacial score (nSPS) is 22.7. The Bertz CT molecular complexity index is 1140. The van der Waals surface area contributed by atoms with E-state index in [0.717, 1.165) is 0 Å². The van der Waals surface area contributed by atoms with Crippen LogP contribution >= 0.6 is 7.82 Å². The van der Waals surface area contributed by atoms with Crippen LogP contribution in [0, 0.1) is 5.92 Å². The van der Waals surface area contributed by atoms with Crippen molar-refractivity contribution in [2.24, 2.45) is 5.92 Å². The predicted molar refractivity (Wildman–Crippen MR) is 123 cm³/mol. The summed E-state index contributed by atoms with van der Waals surface area (Å²) in [6.45, 7) is 3.70. The van der Waals surface area contributed by atoms with Gasteiger partial charge >= 0.3 is 13.5 Å². The molecule has 1 aliphatic rings. The molecule has 0 radical (unpaired) electrons. The highest BCUT2D eigenvalue weighted by molar-refractivity contribution is 7.49. The monoisotopic (exact) mass is 471 g/mol. The van der Waals surface area contributed by atoms with Crippen molar-refractivity contribution >= 4 is 13.6 Å². The molecule has 1 aliphatic heterocycles. The third-order valence-corrected chi connectivity index (χ3v) is 6.53. The number of rotatable bonds is 8. The topological polar surface area (TPSA) is 115 Å². The summed E-state index contributed by atoms with van der Waals surface area (Å²) in [7, 11) is -4.06. The minimum atomic E-state index is -4.06. The van der Waals surface area contributed by atoms with Crippen LogP contribution in [-0.4, -0.2) is 21.8 Å². The van der Waals surface area contributed by atoms with E-state index in [4.69, 9.17) is 24.0 Å². The first-order valence-electron chi connectivity index (χ1n) is 10.5. The highest BCUT2D eigenvalue weighted by Gasteiger charge is 2.45. The number of phosphoric ester groups is 1. The largest absolute Gasteiger partial charge is 0.587 e. The van der Waals surface area contributed by atoms with Crippen LogP contribution in [0.25, 0.3) is 0 Å². The van der Waals surface area contributed by atoms with Gasteiger partial charge in [-0.1, -0.05) is 43.3 Å². The van der Waals surface area contributed by atoms with E-state index in [-0.39, 0.29) is 18.3 Å². The summed E-state index contributed by atoms with van der Waals surface area (Å²) in [4.78, 5) is 16.1. The third kappa shape index (κ3) is 5.63. The molecule has 1 aromatic heterocycles. The van der Waals surface area contributed by atoms with Gasteiger partial charge in [-0.05, 0) is 43.7 Å². The van der Waals surface area contributed by atoms with E-state index < -0.39 is 25.3 Å². The summed E-state index contributed by atoms with van der Waals surface area (Å²) >= 11 is 0. The van der Waals surface area contributed by atoms with Crippen LogP contribution in [-0.2, 0) is 13.8 Å². The lowest BCUT2D eigenvalue weighted by molar-refractivity contribution is -0.0907. The van der Waals surface area contributed by atoms with Gasteiger partial charge in [-0.2, -0.15) is 4.98 Å². The Kier molecular flexibility index (Phi) is 6.56. The smallest absolute Gasteiger partial charge is 0.395 e. The van der Waals surface area contributed by atoms with Crippen LogP contribution in [0.15, 0.2) is 77.7 Å². The summed E-state index contributed by atoms with van der Waals surface area (Å²) in [6.07, 6.45) is 1.54. The highest BCUT2D eigenvalue weighted by Crippen LogP contribution is 2.51. The number of nitrogen functional groups attached to an aromatic ring is 1. The molecule has 2 aromatic carbocycles. The number of benzene rings is 2. The maximum atomic E-state index is 13.6. The van der Waals surface area contributed by atoms with E-state index in [1.165, 1.54) is 4.57 Å². The fraction of sp³-hybridized carbons (Fsp3) is 0.304. The number of nitrogens with two attached hydrogens (primary N) is 1. The molecule has 0 amide bonds. The number of anilines is 1. The lowest BCUT2D eigenvalue weighted by atomic mass is 9.97. The van der Waals surface area contributed by atoms with Gasteiger partial charge in [0, 0.05) is 12.1 Å². The van der Waals surface area contributed by atoms with Gasteiger partial charge in [0.15, 0.2) is 0 Å². The second kappa shape index (κ2) is 9.39. The number of nitrogens with zero attached hydrogens (tertiary/aromatic N) is 2. The van der Waals surface area contributed by atoms with Gasteiger partial charge in [-0.25, -0.2) is 9.36 Å². The van der Waals surface area contributed by atoms with Gasteiger partial charge < -0.3 is 19.5 Å². The zero-order valence-electron chi connectivity index (χ0n) is 18.4. The first-order valence-corrected chi connectivity index (χ1v) is 12.0. The average molecular weight is 471 g/mol. The minimum Gasteiger partial charge on any atom is -0.395 e. The highest BCUT2D eigenvalue weighted by atomic mass is 31.2. The molecule has 10 heteroatoms. The standard InChI is InChI=1S/C23H26N3O6P/c1-17-15-23(2,30-21(17)26-14-13-20(24)25-22(26)27)16-29-33(28,31-18-9-5-3-6-10-18)32-19-11-7-4-8-12-19/h3-14,17,21H,15-16H2,1-2H3,(H2,24,25,27)/t17-,21+,23-/m0/s1. The van der Waals surface area contributed by atoms with E-state index in [1.54, 1.807) is 60.8 Å². The van der Waals surface area contributed by atoms with E-state index >= 15 is 0 Å². The minimum absolute atomic E-state index is 0.0359. The Morgan fingerprint density at radius 3 is 2.21 bits per heavy atom. The molecule has 1 saturated heterocycles. The molecule has 2 N–H and O–H groups in total. The Balaban J connectivity index is 1.52. The second-order valence-corrected chi connectivity index (χ2v) is 9.73. The summed E-state index contributed by atoms with van der Waals surface area (Å²) in [5.74, 6) is 0.802. The van der Waals surface area contributed by atoms with Crippen LogP contribution < -0.4 is 20.5 Å². The zero-order valence-corrected chi connectivity index (χ0v) is 19.3. The lowest BCUT2D eigenvalue weighted by Gasteiger charge is -2.27. The first kappa shape index (κ1) is 23.0. The van der Waals surface area contributed by atoms with Crippen molar-refractivity contribution in [3.63, 3.8) is 0 Å². The molecule has 33 heavy (non-hydrogen) atoms. The van der Waals surface area contributed by atoms with Gasteiger partial charge in [0.1, 0.15) is 23.5 Å². The van der Waals surface area contributed by atoms with E-state index in [9.17, 15) is 9.36 Å². The Hall–Kier alpha value is -3.13. The average Bonchev–Trinajstić information content (AvgIpc) is 3.08. The van der Waals surface area contributed by atoms with Gasteiger partial charge in [-0.15, -0.1) is 0 Å². The quantitative estimate of drug-likeness (QED) is 0.480. The molecule has 0 saturated carbocycles. The Morgan fingerprint density at radius 2 is 1.67 bits per heavy atom. The van der Waals surface area contributed by atoms with Crippen LogP contribution in [0.1, 0.15) is 26.5 Å². The molecular weight excluding hydrogens is 445 g/mol. The molecule has 174 valence electrons. The molecular formula is C23H26N3O6P. The number of hydrogen-bond acceptors (Lipinski definition) is 8. The van der Waals surface area contributed by atoms with Gasteiger partial charge in [-0.3, -0.25) is 9.09 Å². The van der Waals surface area contributed by atoms with Gasteiger partial charge in [0.25, 0.3) is 0 Å². The van der Waals surface area contributed by atoms with Crippen molar-refractivity contribution in [1.82, 2.24) is 9.55 Å². The lowest BCUT2D eigenvalue weighted by Crippen LogP contribution is -2.33. The SMILES string of the molecule is C[C@H]1C[C@@](C)(COP(=O)(Oc2ccccc2)Oc2ccccc2)O[C@H]1n1ccc(N)nc1=O. The predicted octanol–water partition coefficient (Wildman–Crippen LogP) is 4.42. The molecule has 4 rings (SSSR count). The number of hydrogen-bond donors (Lipinski definition) is 1. The van der Waals surface area contributed by atoms with Crippen LogP contribution in [0.5, 0.6) is 11.5 Å². The van der Waals surface area contributed by atoms with Crippen molar-refractivity contribution < 1.29 is 22.9 Å². The van der Waals surface area contributed by atoms with E-state index in [0.29, 0.717) is 17.9 Å². The van der Waals surface area contributed by atoms with Crippen molar-refractivity contribution in [1.29, 1.82) is 0 Å². The molecule has 0 spiro atoms. The first-order chi connectivity index (χ1) is 15.8. The van der Waals surface area contributed by atoms with Gasteiger partial charge in [0.05, 0.1) is 12.2 Å². The summed E-state index contributed by atoms with van der Waals surface area (Å²) in [6, 6.07) is 18.9. The number of aromatic nitrogens is 2. The Morgan fingerprint density at radius 1 is 1.09 bits per heavy atom. The fourth-order valence-electron chi connectivity index (χ4n) is 3.79. The van der Waals surface area contributed by atoms with E-state index in [1.807, 2.05) is 26.0 Å². The molecule has 2 heterocycles. The molecule has 9 nitrogen and oxygen atoms in total. The van der Waals surface area contributed by atoms with Crippen molar-refractivity contribution in [3.05, 3.63) is 83.4 Å². The van der Waals surface area contributed by atoms with Gasteiger partial charge in [0.2, 0.25) is 0 Å². The van der Waals surface area contributed by atoms with E-state index in [2.05, 4.69) is 4.98 Å². The molecule has 3 atom stereocenters. The second-order valence-electron chi connectivity index (χ2n) is 8.21. The van der Waals surface area contributed by atoms with Crippen LogP contribution in [0.3, 0.4) is 0 Å². The van der Waals surface area contributed by atoms with Crippen molar-refractivity contribution in [2.75, 3.05) is 12.3 Å². The zero-order chi connectivity index (χ0) is 23.5. The maximum absolute atomic E-state index is 13.6. The summed E-state index contributed by atoms with van der Waals surface area (Å²) in [5, 5.41) is 0. The number of ether oxygens (including phenoxy) is 1.